The molecule has 0 radical (unpaired) electrons. The Morgan fingerprint density at radius 2 is 2.38 bits per heavy atom. The average molecular weight is 274 g/mol. The van der Waals surface area contributed by atoms with Crippen LogP contribution in [-0.4, -0.2) is 4.98 Å². The molecule has 2 heterocycles. The minimum atomic E-state index is 0.0399. The van der Waals surface area contributed by atoms with Crippen LogP contribution in [0.3, 0.4) is 0 Å². The number of aryl methyl sites for hydroxylation is 1. The number of aromatic nitrogens is 1. The maximum Gasteiger partial charge on any atom is 0.0947 e. The van der Waals surface area contributed by atoms with Crippen molar-refractivity contribution in [2.75, 3.05) is 0 Å². The molecule has 0 aliphatic heterocycles. The van der Waals surface area contributed by atoms with Crippen molar-refractivity contribution in [3.63, 3.8) is 0 Å². The van der Waals surface area contributed by atoms with Gasteiger partial charge in [0.2, 0.25) is 0 Å². The molecule has 6 heteroatoms. The van der Waals surface area contributed by atoms with Crippen LogP contribution in [0.5, 0.6) is 0 Å². The van der Waals surface area contributed by atoms with E-state index < -0.39 is 0 Å². The van der Waals surface area contributed by atoms with Crippen LogP contribution in [0.2, 0.25) is 5.02 Å². The van der Waals surface area contributed by atoms with Crippen LogP contribution in [0.15, 0.2) is 16.8 Å². The second-order valence-electron chi connectivity index (χ2n) is 3.44. The summed E-state index contributed by atoms with van der Waals surface area (Å²) < 4.78 is 0. The molecule has 0 fully saturated rings. The fourth-order valence-electron chi connectivity index (χ4n) is 1.45. The van der Waals surface area contributed by atoms with Gasteiger partial charge in [-0.15, -0.1) is 22.7 Å². The fourth-order valence-corrected chi connectivity index (χ4v) is 3.52. The molecule has 0 amide bonds. The van der Waals surface area contributed by atoms with Gasteiger partial charge in [-0.2, -0.15) is 0 Å². The van der Waals surface area contributed by atoms with Crippen LogP contribution in [0.25, 0.3) is 0 Å². The second-order valence-corrected chi connectivity index (χ2v) is 5.74. The summed E-state index contributed by atoms with van der Waals surface area (Å²) >= 11 is 9.34. The van der Waals surface area contributed by atoms with E-state index in [2.05, 4.69) is 10.4 Å². The highest BCUT2D eigenvalue weighted by Crippen LogP contribution is 2.30. The Kier molecular flexibility index (Phi) is 3.94. The van der Waals surface area contributed by atoms with Gasteiger partial charge in [-0.1, -0.05) is 11.6 Å². The lowest BCUT2D eigenvalue weighted by atomic mass is 10.2. The summed E-state index contributed by atoms with van der Waals surface area (Å²) in [6.45, 7) is 1.99. The van der Waals surface area contributed by atoms with Gasteiger partial charge in [-0.3, -0.25) is 11.3 Å². The largest absolute Gasteiger partial charge is 0.271 e. The molecule has 0 aliphatic carbocycles. The lowest BCUT2D eigenvalue weighted by Crippen LogP contribution is -2.29. The van der Waals surface area contributed by atoms with Gasteiger partial charge in [0, 0.05) is 22.4 Å². The smallest absolute Gasteiger partial charge is 0.0947 e. The zero-order valence-corrected chi connectivity index (χ0v) is 11.1. The quantitative estimate of drug-likeness (QED) is 0.665. The molecule has 0 saturated heterocycles. The van der Waals surface area contributed by atoms with Gasteiger partial charge in [0.25, 0.3) is 0 Å². The highest BCUT2D eigenvalue weighted by Gasteiger charge is 2.16. The molecule has 2 rings (SSSR count). The Morgan fingerprint density at radius 3 is 2.88 bits per heavy atom. The predicted octanol–water partition coefficient (Wildman–Crippen LogP) is 2.91. The molecule has 2 aromatic rings. The number of rotatable bonds is 4. The Hall–Kier alpha value is -0.460. The van der Waals surface area contributed by atoms with Crippen LogP contribution < -0.4 is 11.3 Å². The lowest BCUT2D eigenvalue weighted by Gasteiger charge is -2.13. The number of nitrogens with two attached hydrogens (primary N) is 1. The summed E-state index contributed by atoms with van der Waals surface area (Å²) in [6, 6.07) is 1.93. The van der Waals surface area contributed by atoms with E-state index in [-0.39, 0.29) is 6.04 Å². The van der Waals surface area contributed by atoms with Crippen molar-refractivity contribution in [3.8, 4) is 0 Å². The maximum atomic E-state index is 6.08. The Bertz CT molecular complexity index is 466. The minimum absolute atomic E-state index is 0.0399. The standard InChI is InChI=1S/C10H12ClN3S2/c1-6-5-16-9(13-6)4-8(14-12)10-7(11)2-3-15-10/h2-3,5,8,14H,4,12H2,1H3. The molecule has 86 valence electrons. The topological polar surface area (TPSA) is 50.9 Å². The van der Waals surface area contributed by atoms with Crippen molar-refractivity contribution >= 4 is 34.3 Å². The van der Waals surface area contributed by atoms with E-state index in [0.717, 1.165) is 27.0 Å². The molecule has 3 N–H and O–H groups in total. The summed E-state index contributed by atoms with van der Waals surface area (Å²) in [5, 5.41) is 5.85. The zero-order chi connectivity index (χ0) is 11.5. The minimum Gasteiger partial charge on any atom is -0.271 e. The van der Waals surface area contributed by atoms with E-state index in [1.165, 1.54) is 0 Å². The molecule has 0 bridgehead atoms. The van der Waals surface area contributed by atoms with Gasteiger partial charge in [0.05, 0.1) is 16.1 Å². The average Bonchev–Trinajstić information content (AvgIpc) is 2.84. The summed E-state index contributed by atoms with van der Waals surface area (Å²) in [7, 11) is 0. The third-order valence-electron chi connectivity index (χ3n) is 2.21. The number of hydrogen-bond acceptors (Lipinski definition) is 5. The summed E-state index contributed by atoms with van der Waals surface area (Å²) in [5.41, 5.74) is 3.84. The molecule has 0 spiro atoms. The number of hydrazine groups is 1. The number of nitrogens with one attached hydrogen (secondary N) is 1. The van der Waals surface area contributed by atoms with Crippen LogP contribution in [0.4, 0.5) is 0 Å². The first-order valence-corrected chi connectivity index (χ1v) is 6.94. The van der Waals surface area contributed by atoms with Crippen molar-refractivity contribution in [2.45, 2.75) is 19.4 Å². The number of halogens is 1. The van der Waals surface area contributed by atoms with Crippen molar-refractivity contribution in [1.29, 1.82) is 0 Å². The number of thiophene rings is 1. The van der Waals surface area contributed by atoms with Gasteiger partial charge in [-0.25, -0.2) is 4.98 Å². The van der Waals surface area contributed by atoms with Crippen molar-refractivity contribution in [3.05, 3.63) is 37.4 Å². The van der Waals surface area contributed by atoms with Crippen LogP contribution >= 0.6 is 34.3 Å². The number of nitrogens with zero attached hydrogens (tertiary/aromatic N) is 1. The fraction of sp³-hybridized carbons (Fsp3) is 0.300. The third kappa shape index (κ3) is 2.61. The summed E-state index contributed by atoms with van der Waals surface area (Å²) in [4.78, 5) is 5.49. The van der Waals surface area contributed by atoms with Crippen molar-refractivity contribution in [2.24, 2.45) is 5.84 Å². The van der Waals surface area contributed by atoms with E-state index in [0.29, 0.717) is 0 Å². The lowest BCUT2D eigenvalue weighted by molar-refractivity contribution is 0.559. The predicted molar refractivity (Wildman–Crippen MR) is 69.9 cm³/mol. The Balaban J connectivity index is 2.15. The van der Waals surface area contributed by atoms with E-state index in [4.69, 9.17) is 17.4 Å². The van der Waals surface area contributed by atoms with Gasteiger partial charge in [0.1, 0.15) is 0 Å². The molecule has 0 aliphatic rings. The van der Waals surface area contributed by atoms with Gasteiger partial charge >= 0.3 is 0 Å². The first kappa shape index (κ1) is 12.0. The molecular weight excluding hydrogens is 262 g/mol. The molecule has 3 nitrogen and oxygen atoms in total. The molecule has 0 saturated carbocycles. The monoisotopic (exact) mass is 273 g/mol. The summed E-state index contributed by atoms with van der Waals surface area (Å²) in [5.74, 6) is 5.56. The first-order valence-electron chi connectivity index (χ1n) is 4.80. The molecule has 2 aromatic heterocycles. The van der Waals surface area contributed by atoms with Crippen LogP contribution in [0, 0.1) is 6.92 Å². The normalized spacial score (nSPS) is 12.9. The summed E-state index contributed by atoms with van der Waals surface area (Å²) in [6.07, 6.45) is 0.773. The van der Waals surface area contributed by atoms with E-state index in [1.54, 1.807) is 22.7 Å². The molecule has 16 heavy (non-hydrogen) atoms. The highest BCUT2D eigenvalue weighted by molar-refractivity contribution is 7.10. The molecular formula is C10H12ClN3S2. The molecule has 1 atom stereocenters. The van der Waals surface area contributed by atoms with Gasteiger partial charge < -0.3 is 0 Å². The Morgan fingerprint density at radius 1 is 1.56 bits per heavy atom. The Labute approximate surface area is 107 Å². The number of thiazole rings is 1. The van der Waals surface area contributed by atoms with Gasteiger partial charge in [-0.05, 0) is 18.4 Å². The maximum absolute atomic E-state index is 6.08. The van der Waals surface area contributed by atoms with E-state index >= 15 is 0 Å². The van der Waals surface area contributed by atoms with Gasteiger partial charge in [0.15, 0.2) is 0 Å². The molecule has 1 unspecified atom stereocenters. The highest BCUT2D eigenvalue weighted by atomic mass is 35.5. The zero-order valence-electron chi connectivity index (χ0n) is 8.74. The SMILES string of the molecule is Cc1csc(CC(NN)c2sccc2Cl)n1. The van der Waals surface area contributed by atoms with E-state index in [9.17, 15) is 0 Å². The molecule has 0 aromatic carbocycles. The van der Waals surface area contributed by atoms with Crippen LogP contribution in [0.1, 0.15) is 21.6 Å². The number of hydrogen-bond donors (Lipinski definition) is 2. The first-order chi connectivity index (χ1) is 7.70. The van der Waals surface area contributed by atoms with Crippen molar-refractivity contribution in [1.82, 2.24) is 10.4 Å². The third-order valence-corrected chi connectivity index (χ3v) is 4.67. The van der Waals surface area contributed by atoms with Crippen molar-refractivity contribution < 1.29 is 0 Å². The van der Waals surface area contributed by atoms with Crippen LogP contribution in [-0.2, 0) is 6.42 Å². The second kappa shape index (κ2) is 5.25. The van der Waals surface area contributed by atoms with E-state index in [1.807, 2.05) is 23.8 Å².